The van der Waals surface area contributed by atoms with E-state index in [4.69, 9.17) is 0 Å². The molecule has 3 aromatic rings. The van der Waals surface area contributed by atoms with Crippen LogP contribution in [0.15, 0.2) is 53.3 Å². The monoisotopic (exact) mass is 375 g/mol. The molecule has 0 spiro atoms. The fourth-order valence-electron chi connectivity index (χ4n) is 4.25. The molecular formula is C23H25N3O2. The van der Waals surface area contributed by atoms with Crippen LogP contribution in [-0.2, 0) is 16.8 Å². The zero-order valence-corrected chi connectivity index (χ0v) is 16.5. The van der Waals surface area contributed by atoms with Gasteiger partial charge in [0.15, 0.2) is 0 Å². The third kappa shape index (κ3) is 3.21. The third-order valence-electron chi connectivity index (χ3n) is 5.80. The molecule has 0 saturated carbocycles. The highest BCUT2D eigenvalue weighted by molar-refractivity contribution is 5.83. The standard InChI is InChI=1S/C23H25N3O2/c1-15-16-8-4-5-9-17(16)22(28)26(25-15)14-21(27)24-20-12-13-23(2,3)19-11-7-6-10-18(19)20/h4-11,20H,12-14H2,1-3H3,(H,24,27)/t20-/m1/s1. The van der Waals surface area contributed by atoms with Crippen LogP contribution in [0.25, 0.3) is 10.8 Å². The van der Waals surface area contributed by atoms with Crippen LogP contribution >= 0.6 is 0 Å². The first-order valence-electron chi connectivity index (χ1n) is 9.72. The maximum atomic E-state index is 12.7. The minimum absolute atomic E-state index is 0.0334. The molecule has 1 aliphatic rings. The molecule has 0 radical (unpaired) electrons. The van der Waals surface area contributed by atoms with Crippen LogP contribution in [0.3, 0.4) is 0 Å². The molecule has 1 heterocycles. The number of amides is 1. The summed E-state index contributed by atoms with van der Waals surface area (Å²) in [6, 6.07) is 15.6. The van der Waals surface area contributed by atoms with Gasteiger partial charge >= 0.3 is 0 Å². The fraction of sp³-hybridized carbons (Fsp3) is 0.348. The van der Waals surface area contributed by atoms with Gasteiger partial charge in [0.05, 0.1) is 17.1 Å². The number of nitrogens with one attached hydrogen (secondary N) is 1. The van der Waals surface area contributed by atoms with Gasteiger partial charge in [0.2, 0.25) is 5.91 Å². The van der Waals surface area contributed by atoms with Gasteiger partial charge in [-0.05, 0) is 42.4 Å². The average molecular weight is 375 g/mol. The Bertz CT molecular complexity index is 1110. The Labute approximate surface area is 164 Å². The maximum Gasteiger partial charge on any atom is 0.275 e. The lowest BCUT2D eigenvalue weighted by molar-refractivity contribution is -0.122. The molecule has 0 unspecified atom stereocenters. The topological polar surface area (TPSA) is 64.0 Å². The second-order valence-electron chi connectivity index (χ2n) is 8.22. The summed E-state index contributed by atoms with van der Waals surface area (Å²) in [5, 5.41) is 8.88. The Balaban J connectivity index is 1.59. The predicted octanol–water partition coefficient (Wildman–Crippen LogP) is 3.63. The molecule has 2 aromatic carbocycles. The summed E-state index contributed by atoms with van der Waals surface area (Å²) in [5.41, 5.74) is 3.06. The molecule has 1 atom stereocenters. The molecule has 5 heteroatoms. The van der Waals surface area contributed by atoms with Crippen molar-refractivity contribution in [2.45, 2.75) is 51.6 Å². The van der Waals surface area contributed by atoms with Crippen molar-refractivity contribution in [1.29, 1.82) is 0 Å². The van der Waals surface area contributed by atoms with Gasteiger partial charge in [0.25, 0.3) is 5.56 Å². The van der Waals surface area contributed by atoms with Crippen molar-refractivity contribution in [3.63, 3.8) is 0 Å². The van der Waals surface area contributed by atoms with Crippen molar-refractivity contribution in [1.82, 2.24) is 15.1 Å². The second-order valence-corrected chi connectivity index (χ2v) is 8.22. The van der Waals surface area contributed by atoms with Crippen molar-refractivity contribution in [3.8, 4) is 0 Å². The van der Waals surface area contributed by atoms with Gasteiger partial charge < -0.3 is 5.32 Å². The summed E-state index contributed by atoms with van der Waals surface area (Å²) in [4.78, 5) is 25.5. The lowest BCUT2D eigenvalue weighted by atomic mass is 9.71. The van der Waals surface area contributed by atoms with Crippen LogP contribution in [0.5, 0.6) is 0 Å². The molecule has 28 heavy (non-hydrogen) atoms. The van der Waals surface area contributed by atoms with Crippen molar-refractivity contribution in [3.05, 3.63) is 75.7 Å². The second kappa shape index (κ2) is 6.89. The first-order valence-corrected chi connectivity index (χ1v) is 9.72. The van der Waals surface area contributed by atoms with Crippen LogP contribution in [0.4, 0.5) is 0 Å². The van der Waals surface area contributed by atoms with Crippen molar-refractivity contribution < 1.29 is 4.79 Å². The van der Waals surface area contributed by atoms with Crippen LogP contribution in [0.1, 0.15) is 49.6 Å². The molecule has 1 amide bonds. The highest BCUT2D eigenvalue weighted by Crippen LogP contribution is 2.41. The third-order valence-corrected chi connectivity index (χ3v) is 5.80. The zero-order valence-electron chi connectivity index (χ0n) is 16.5. The Morgan fingerprint density at radius 3 is 2.61 bits per heavy atom. The van der Waals surface area contributed by atoms with E-state index in [1.807, 2.05) is 37.3 Å². The minimum atomic E-state index is -0.235. The van der Waals surface area contributed by atoms with Gasteiger partial charge in [-0.25, -0.2) is 4.68 Å². The number of benzene rings is 2. The molecule has 1 aliphatic carbocycles. The molecule has 1 aromatic heterocycles. The first kappa shape index (κ1) is 18.4. The molecule has 0 aliphatic heterocycles. The van der Waals surface area contributed by atoms with Crippen LogP contribution < -0.4 is 10.9 Å². The van der Waals surface area contributed by atoms with E-state index in [1.54, 1.807) is 6.07 Å². The van der Waals surface area contributed by atoms with Gasteiger partial charge in [-0.3, -0.25) is 9.59 Å². The van der Waals surface area contributed by atoms with Crippen molar-refractivity contribution >= 4 is 16.7 Å². The van der Waals surface area contributed by atoms with E-state index in [-0.39, 0.29) is 29.5 Å². The van der Waals surface area contributed by atoms with Gasteiger partial charge in [-0.15, -0.1) is 0 Å². The van der Waals surface area contributed by atoms with Crippen LogP contribution in [0, 0.1) is 6.92 Å². The van der Waals surface area contributed by atoms with Gasteiger partial charge in [0, 0.05) is 5.39 Å². The Kier molecular flexibility index (Phi) is 4.53. The molecule has 144 valence electrons. The Morgan fingerprint density at radius 2 is 1.82 bits per heavy atom. The highest BCUT2D eigenvalue weighted by Gasteiger charge is 2.32. The smallest absolute Gasteiger partial charge is 0.275 e. The fourth-order valence-corrected chi connectivity index (χ4v) is 4.25. The molecule has 0 fully saturated rings. The largest absolute Gasteiger partial charge is 0.348 e. The highest BCUT2D eigenvalue weighted by atomic mass is 16.2. The van der Waals surface area contributed by atoms with Crippen LogP contribution in [-0.4, -0.2) is 15.7 Å². The number of carbonyl (C=O) groups excluding carboxylic acids is 1. The number of aromatic nitrogens is 2. The Morgan fingerprint density at radius 1 is 1.14 bits per heavy atom. The molecule has 0 bridgehead atoms. The van der Waals surface area contributed by atoms with E-state index in [0.29, 0.717) is 5.39 Å². The van der Waals surface area contributed by atoms with Gasteiger partial charge in [0.1, 0.15) is 6.54 Å². The normalized spacial score (nSPS) is 17.9. The van der Waals surface area contributed by atoms with E-state index in [9.17, 15) is 9.59 Å². The number of fused-ring (bicyclic) bond motifs is 2. The number of hydrogen-bond donors (Lipinski definition) is 1. The van der Waals surface area contributed by atoms with Crippen molar-refractivity contribution in [2.75, 3.05) is 0 Å². The Hall–Kier alpha value is -2.95. The number of hydrogen-bond acceptors (Lipinski definition) is 3. The number of rotatable bonds is 3. The van der Waals surface area contributed by atoms with Crippen molar-refractivity contribution in [2.24, 2.45) is 0 Å². The summed E-state index contributed by atoms with van der Waals surface area (Å²) in [6.07, 6.45) is 1.89. The molecule has 0 saturated heterocycles. The summed E-state index contributed by atoms with van der Waals surface area (Å²) in [7, 11) is 0. The van der Waals surface area contributed by atoms with E-state index < -0.39 is 0 Å². The summed E-state index contributed by atoms with van der Waals surface area (Å²) in [6.45, 7) is 6.26. The summed E-state index contributed by atoms with van der Waals surface area (Å²) < 4.78 is 1.27. The number of carbonyl (C=O) groups is 1. The predicted molar refractivity (Wildman–Crippen MR) is 110 cm³/mol. The average Bonchev–Trinajstić information content (AvgIpc) is 2.68. The van der Waals surface area contributed by atoms with Crippen LogP contribution in [0.2, 0.25) is 0 Å². The van der Waals surface area contributed by atoms with E-state index >= 15 is 0 Å². The molecule has 4 rings (SSSR count). The lowest BCUT2D eigenvalue weighted by Crippen LogP contribution is -2.39. The van der Waals surface area contributed by atoms with Gasteiger partial charge in [-0.1, -0.05) is 56.3 Å². The molecule has 1 N–H and O–H groups in total. The van der Waals surface area contributed by atoms with E-state index in [0.717, 1.165) is 23.9 Å². The van der Waals surface area contributed by atoms with Gasteiger partial charge in [-0.2, -0.15) is 5.10 Å². The summed E-state index contributed by atoms with van der Waals surface area (Å²) in [5.74, 6) is -0.191. The quantitative estimate of drug-likeness (QED) is 0.760. The summed E-state index contributed by atoms with van der Waals surface area (Å²) >= 11 is 0. The maximum absolute atomic E-state index is 12.7. The molecule has 5 nitrogen and oxygen atoms in total. The molecular weight excluding hydrogens is 350 g/mol. The SMILES string of the molecule is Cc1nn(CC(=O)N[C@@H]2CCC(C)(C)c3ccccc32)c(=O)c2ccccc12. The zero-order chi connectivity index (χ0) is 19.9. The number of aryl methyl sites for hydroxylation is 1. The minimum Gasteiger partial charge on any atom is -0.348 e. The lowest BCUT2D eigenvalue weighted by Gasteiger charge is -2.37. The van der Waals surface area contributed by atoms with E-state index in [1.165, 1.54) is 15.8 Å². The number of nitrogens with zero attached hydrogens (tertiary/aromatic N) is 2. The van der Waals surface area contributed by atoms with E-state index in [2.05, 4.69) is 36.4 Å². The first-order chi connectivity index (χ1) is 13.4.